The Morgan fingerprint density at radius 3 is 2.78 bits per heavy atom. The zero-order valence-electron chi connectivity index (χ0n) is 17.7. The SMILES string of the molecule is O=S(=O)(NCCCCN1CCN(c2noc3ccccc23)CC1)c1ccc2cn[nH]c2c1. The first-order valence-corrected chi connectivity index (χ1v) is 12.3. The van der Waals surface area contributed by atoms with Gasteiger partial charge in [0.05, 0.1) is 22.0 Å². The first kappa shape index (κ1) is 20.9. The molecule has 1 saturated heterocycles. The Morgan fingerprint density at radius 2 is 1.91 bits per heavy atom. The minimum atomic E-state index is -3.52. The number of aromatic nitrogens is 3. The van der Waals surface area contributed by atoms with Crippen molar-refractivity contribution in [1.29, 1.82) is 0 Å². The van der Waals surface area contributed by atoms with Gasteiger partial charge in [-0.3, -0.25) is 10.00 Å². The van der Waals surface area contributed by atoms with Gasteiger partial charge in [0.2, 0.25) is 10.0 Å². The lowest BCUT2D eigenvalue weighted by Crippen LogP contribution is -2.46. The smallest absolute Gasteiger partial charge is 0.240 e. The van der Waals surface area contributed by atoms with E-state index in [1.165, 1.54) is 0 Å². The number of rotatable bonds is 8. The molecular weight excluding hydrogens is 428 g/mol. The molecule has 0 aliphatic carbocycles. The standard InChI is InChI=1S/C22H26N6O3S/c29-32(30,18-8-7-17-16-23-25-20(17)15-18)24-9-3-4-10-27-11-13-28(14-12-27)22-19-5-1-2-6-21(19)31-26-22/h1-2,5-8,15-16,24H,3-4,9-14H2,(H,23,25). The third-order valence-electron chi connectivity index (χ3n) is 5.95. The van der Waals surface area contributed by atoms with Crippen molar-refractivity contribution >= 4 is 37.7 Å². The topological polar surface area (TPSA) is 107 Å². The van der Waals surface area contributed by atoms with E-state index in [1.54, 1.807) is 24.4 Å². The van der Waals surface area contributed by atoms with Gasteiger partial charge in [0, 0.05) is 38.1 Å². The van der Waals surface area contributed by atoms with Crippen molar-refractivity contribution in [2.45, 2.75) is 17.7 Å². The van der Waals surface area contributed by atoms with Crippen molar-refractivity contribution < 1.29 is 12.9 Å². The Hall–Kier alpha value is -2.95. The van der Waals surface area contributed by atoms with Gasteiger partial charge in [-0.15, -0.1) is 0 Å². The summed E-state index contributed by atoms with van der Waals surface area (Å²) in [6, 6.07) is 12.9. The summed E-state index contributed by atoms with van der Waals surface area (Å²) in [6.45, 7) is 5.09. The molecular formula is C22H26N6O3S. The van der Waals surface area contributed by atoms with Crippen LogP contribution < -0.4 is 9.62 Å². The third-order valence-corrected chi connectivity index (χ3v) is 7.41. The molecule has 3 heterocycles. The summed E-state index contributed by atoms with van der Waals surface area (Å²) in [4.78, 5) is 4.94. The monoisotopic (exact) mass is 454 g/mol. The van der Waals surface area contributed by atoms with Crippen molar-refractivity contribution in [3.8, 4) is 0 Å². The quantitative estimate of drug-likeness (QED) is 0.394. The Kier molecular flexibility index (Phi) is 5.81. The highest BCUT2D eigenvalue weighted by molar-refractivity contribution is 7.89. The van der Waals surface area contributed by atoms with Crippen LogP contribution in [0.5, 0.6) is 0 Å². The molecule has 4 aromatic rings. The Morgan fingerprint density at radius 1 is 1.06 bits per heavy atom. The van der Waals surface area contributed by atoms with E-state index in [9.17, 15) is 8.42 Å². The molecule has 0 amide bonds. The maximum atomic E-state index is 12.5. The van der Waals surface area contributed by atoms with Gasteiger partial charge in [-0.1, -0.05) is 17.3 Å². The second kappa shape index (κ2) is 8.89. The molecule has 2 aromatic carbocycles. The van der Waals surface area contributed by atoms with E-state index in [2.05, 4.69) is 29.9 Å². The number of hydrogen-bond donors (Lipinski definition) is 2. The number of nitrogens with one attached hydrogen (secondary N) is 2. The number of sulfonamides is 1. The average molecular weight is 455 g/mol. The predicted octanol–water partition coefficient (Wildman–Crippen LogP) is 2.58. The summed E-state index contributed by atoms with van der Waals surface area (Å²) in [7, 11) is -3.52. The van der Waals surface area contributed by atoms with Crippen LogP contribution in [-0.2, 0) is 10.0 Å². The van der Waals surface area contributed by atoms with Gasteiger partial charge < -0.3 is 9.42 Å². The molecule has 168 valence electrons. The fourth-order valence-electron chi connectivity index (χ4n) is 4.12. The summed E-state index contributed by atoms with van der Waals surface area (Å²) in [5, 5.41) is 12.9. The largest absolute Gasteiger partial charge is 0.354 e. The Bertz CT molecular complexity index is 1310. The lowest BCUT2D eigenvalue weighted by molar-refractivity contribution is 0.252. The zero-order valence-corrected chi connectivity index (χ0v) is 18.5. The molecule has 32 heavy (non-hydrogen) atoms. The fraction of sp³-hybridized carbons (Fsp3) is 0.364. The van der Waals surface area contributed by atoms with Crippen LogP contribution in [0.15, 0.2) is 58.1 Å². The molecule has 1 aliphatic rings. The average Bonchev–Trinajstić information content (AvgIpc) is 3.46. The first-order chi connectivity index (χ1) is 15.6. The van der Waals surface area contributed by atoms with Gasteiger partial charge in [-0.2, -0.15) is 5.10 Å². The molecule has 0 atom stereocenters. The minimum Gasteiger partial charge on any atom is -0.354 e. The van der Waals surface area contributed by atoms with Crippen LogP contribution in [0.2, 0.25) is 0 Å². The van der Waals surface area contributed by atoms with E-state index in [0.717, 1.165) is 67.7 Å². The third kappa shape index (κ3) is 4.34. The molecule has 1 aliphatic heterocycles. The van der Waals surface area contributed by atoms with Gasteiger partial charge in [-0.25, -0.2) is 13.1 Å². The molecule has 0 bridgehead atoms. The normalized spacial score (nSPS) is 15.7. The summed E-state index contributed by atoms with van der Waals surface area (Å²) in [6.07, 6.45) is 3.40. The Balaban J connectivity index is 1.05. The molecule has 2 aromatic heterocycles. The van der Waals surface area contributed by atoms with Crippen molar-refractivity contribution in [1.82, 2.24) is 25.0 Å². The van der Waals surface area contributed by atoms with Crippen molar-refractivity contribution in [2.24, 2.45) is 0 Å². The van der Waals surface area contributed by atoms with Gasteiger partial charge in [0.15, 0.2) is 11.4 Å². The van der Waals surface area contributed by atoms with Gasteiger partial charge in [-0.05, 0) is 49.7 Å². The number of piperazine rings is 1. The van der Waals surface area contributed by atoms with Crippen molar-refractivity contribution in [3.63, 3.8) is 0 Å². The molecule has 0 spiro atoms. The van der Waals surface area contributed by atoms with E-state index in [0.29, 0.717) is 12.1 Å². The van der Waals surface area contributed by atoms with Crippen LogP contribution in [0.1, 0.15) is 12.8 Å². The van der Waals surface area contributed by atoms with Crippen molar-refractivity contribution in [3.05, 3.63) is 48.7 Å². The number of unbranched alkanes of at least 4 members (excludes halogenated alkanes) is 1. The second-order valence-electron chi connectivity index (χ2n) is 8.05. The van der Waals surface area contributed by atoms with E-state index in [-0.39, 0.29) is 4.90 Å². The molecule has 9 nitrogen and oxygen atoms in total. The zero-order chi connectivity index (χ0) is 22.0. The van der Waals surface area contributed by atoms with Crippen molar-refractivity contribution in [2.75, 3.05) is 44.2 Å². The molecule has 1 fully saturated rings. The van der Waals surface area contributed by atoms with Crippen LogP contribution in [0, 0.1) is 0 Å². The predicted molar refractivity (Wildman–Crippen MR) is 123 cm³/mol. The van der Waals surface area contributed by atoms with Crippen LogP contribution in [0.25, 0.3) is 21.9 Å². The highest BCUT2D eigenvalue weighted by Gasteiger charge is 2.21. The molecule has 10 heteroatoms. The lowest BCUT2D eigenvalue weighted by Gasteiger charge is -2.34. The number of aromatic amines is 1. The number of hydrogen-bond acceptors (Lipinski definition) is 7. The second-order valence-corrected chi connectivity index (χ2v) is 9.82. The van der Waals surface area contributed by atoms with E-state index >= 15 is 0 Å². The number of para-hydroxylation sites is 1. The van der Waals surface area contributed by atoms with E-state index in [4.69, 9.17) is 4.52 Å². The molecule has 0 saturated carbocycles. The van der Waals surface area contributed by atoms with Gasteiger partial charge in [0.1, 0.15) is 0 Å². The van der Waals surface area contributed by atoms with Crippen LogP contribution in [0.3, 0.4) is 0 Å². The Labute approximate surface area is 186 Å². The lowest BCUT2D eigenvalue weighted by atomic mass is 10.2. The molecule has 5 rings (SSSR count). The highest BCUT2D eigenvalue weighted by atomic mass is 32.2. The van der Waals surface area contributed by atoms with Gasteiger partial charge >= 0.3 is 0 Å². The number of fused-ring (bicyclic) bond motifs is 2. The first-order valence-electron chi connectivity index (χ1n) is 10.8. The van der Waals surface area contributed by atoms with Crippen LogP contribution >= 0.6 is 0 Å². The number of anilines is 1. The van der Waals surface area contributed by atoms with E-state index < -0.39 is 10.0 Å². The van der Waals surface area contributed by atoms with Gasteiger partial charge in [0.25, 0.3) is 0 Å². The van der Waals surface area contributed by atoms with Crippen LogP contribution in [0.4, 0.5) is 5.82 Å². The summed E-state index contributed by atoms with van der Waals surface area (Å²) < 4.78 is 33.2. The number of nitrogens with zero attached hydrogens (tertiary/aromatic N) is 4. The molecule has 0 radical (unpaired) electrons. The number of benzene rings is 2. The summed E-state index contributed by atoms with van der Waals surface area (Å²) >= 11 is 0. The fourth-order valence-corrected chi connectivity index (χ4v) is 5.22. The maximum Gasteiger partial charge on any atom is 0.240 e. The highest BCUT2D eigenvalue weighted by Crippen LogP contribution is 2.26. The van der Waals surface area contributed by atoms with Crippen LogP contribution in [-0.4, -0.2) is 67.9 Å². The molecule has 0 unspecified atom stereocenters. The summed E-state index contributed by atoms with van der Waals surface area (Å²) in [5.41, 5.74) is 1.53. The molecule has 2 N–H and O–H groups in total. The summed E-state index contributed by atoms with van der Waals surface area (Å²) in [5.74, 6) is 0.919. The van der Waals surface area contributed by atoms with E-state index in [1.807, 2.05) is 24.3 Å². The maximum absolute atomic E-state index is 12.5. The minimum absolute atomic E-state index is 0.255. The number of H-pyrrole nitrogens is 1.